The summed E-state index contributed by atoms with van der Waals surface area (Å²) < 4.78 is 0. The molecule has 1 aliphatic rings. The number of pyridine rings is 1. The zero-order valence-electron chi connectivity index (χ0n) is 10.7. The van der Waals surface area contributed by atoms with Gasteiger partial charge >= 0.3 is 0 Å². The molecule has 1 N–H and O–H groups in total. The number of piperidine rings is 1. The van der Waals surface area contributed by atoms with Gasteiger partial charge in [0, 0.05) is 31.5 Å². The van der Waals surface area contributed by atoms with Crippen LogP contribution in [-0.2, 0) is 0 Å². The average Bonchev–Trinajstić information content (AvgIpc) is 2.41. The van der Waals surface area contributed by atoms with Crippen molar-refractivity contribution < 1.29 is 0 Å². The number of aromatic nitrogens is 1. The number of hydrogen-bond acceptors (Lipinski definition) is 3. The maximum Gasteiger partial charge on any atom is 0.0315 e. The Balaban J connectivity index is 1.67. The molecule has 0 radical (unpaired) electrons. The summed E-state index contributed by atoms with van der Waals surface area (Å²) in [6, 6.07) is 4.53. The molecule has 1 aliphatic heterocycles. The summed E-state index contributed by atoms with van der Waals surface area (Å²) in [5, 5.41) is 3.56. The van der Waals surface area contributed by atoms with Gasteiger partial charge in [-0.2, -0.15) is 0 Å². The Morgan fingerprint density at radius 2 is 2.18 bits per heavy atom. The molecule has 94 valence electrons. The van der Waals surface area contributed by atoms with Gasteiger partial charge in [0.05, 0.1) is 0 Å². The second-order valence-electron chi connectivity index (χ2n) is 4.86. The molecule has 17 heavy (non-hydrogen) atoms. The molecule has 2 heterocycles. The molecule has 1 atom stereocenters. The molecular weight excluding hydrogens is 210 g/mol. The molecule has 0 amide bonds. The fourth-order valence-electron chi connectivity index (χ4n) is 2.37. The van der Waals surface area contributed by atoms with Crippen molar-refractivity contribution in [2.45, 2.75) is 32.2 Å². The zero-order chi connectivity index (χ0) is 11.9. The van der Waals surface area contributed by atoms with Gasteiger partial charge in [-0.1, -0.05) is 12.5 Å². The smallest absolute Gasteiger partial charge is 0.0315 e. The van der Waals surface area contributed by atoms with E-state index in [0.29, 0.717) is 6.04 Å². The van der Waals surface area contributed by atoms with Crippen LogP contribution in [0.15, 0.2) is 24.5 Å². The van der Waals surface area contributed by atoms with Crippen molar-refractivity contribution in [1.29, 1.82) is 0 Å². The van der Waals surface area contributed by atoms with E-state index in [9.17, 15) is 0 Å². The van der Waals surface area contributed by atoms with E-state index < -0.39 is 0 Å². The molecule has 0 aliphatic carbocycles. The Morgan fingerprint density at radius 1 is 1.35 bits per heavy atom. The van der Waals surface area contributed by atoms with Crippen LogP contribution in [0.3, 0.4) is 0 Å². The maximum atomic E-state index is 4.15. The molecule has 3 nitrogen and oxygen atoms in total. The van der Waals surface area contributed by atoms with E-state index in [-0.39, 0.29) is 0 Å². The van der Waals surface area contributed by atoms with Crippen molar-refractivity contribution in [3.8, 4) is 0 Å². The molecule has 0 aromatic carbocycles. The van der Waals surface area contributed by atoms with E-state index >= 15 is 0 Å². The van der Waals surface area contributed by atoms with Crippen LogP contribution in [0.1, 0.15) is 37.8 Å². The molecule has 0 spiro atoms. The first-order valence-electron chi connectivity index (χ1n) is 6.72. The van der Waals surface area contributed by atoms with E-state index in [1.165, 1.54) is 44.5 Å². The third-order valence-corrected chi connectivity index (χ3v) is 3.51. The summed E-state index contributed by atoms with van der Waals surface area (Å²) >= 11 is 0. The highest BCUT2D eigenvalue weighted by atomic mass is 15.1. The Labute approximate surface area is 104 Å². The minimum atomic E-state index is 0.397. The van der Waals surface area contributed by atoms with Crippen LogP contribution in [0.2, 0.25) is 0 Å². The zero-order valence-corrected chi connectivity index (χ0v) is 10.7. The first-order chi connectivity index (χ1) is 8.36. The van der Waals surface area contributed by atoms with E-state index in [1.807, 2.05) is 18.5 Å². The summed E-state index contributed by atoms with van der Waals surface area (Å²) in [7, 11) is 0. The molecule has 1 aromatic rings. The maximum absolute atomic E-state index is 4.15. The number of nitrogens with zero attached hydrogens (tertiary/aromatic N) is 2. The van der Waals surface area contributed by atoms with Crippen molar-refractivity contribution in [3.63, 3.8) is 0 Å². The van der Waals surface area contributed by atoms with Gasteiger partial charge in [-0.3, -0.25) is 4.98 Å². The van der Waals surface area contributed by atoms with E-state index in [0.717, 1.165) is 6.54 Å². The van der Waals surface area contributed by atoms with Crippen molar-refractivity contribution in [2.24, 2.45) is 0 Å². The van der Waals surface area contributed by atoms with Crippen LogP contribution >= 0.6 is 0 Å². The molecule has 1 unspecified atom stereocenters. The lowest BCUT2D eigenvalue weighted by Crippen LogP contribution is -2.36. The summed E-state index contributed by atoms with van der Waals surface area (Å²) in [5.41, 5.74) is 1.27. The first-order valence-corrected chi connectivity index (χ1v) is 6.72. The van der Waals surface area contributed by atoms with Gasteiger partial charge in [-0.25, -0.2) is 0 Å². The van der Waals surface area contributed by atoms with Crippen molar-refractivity contribution in [2.75, 3.05) is 26.2 Å². The van der Waals surface area contributed by atoms with Crippen molar-refractivity contribution >= 4 is 0 Å². The van der Waals surface area contributed by atoms with Gasteiger partial charge in [-0.05, 0) is 44.5 Å². The van der Waals surface area contributed by atoms with Crippen LogP contribution in [0.5, 0.6) is 0 Å². The third kappa shape index (κ3) is 4.10. The normalized spacial score (nSPS) is 19.1. The number of nitrogens with one attached hydrogen (secondary N) is 1. The molecular formula is C14H23N3. The Bertz CT molecular complexity index is 307. The molecule has 1 aromatic heterocycles. The molecule has 0 saturated carbocycles. The van der Waals surface area contributed by atoms with Gasteiger partial charge in [0.25, 0.3) is 0 Å². The number of rotatable bonds is 5. The van der Waals surface area contributed by atoms with E-state index in [1.54, 1.807) is 0 Å². The van der Waals surface area contributed by atoms with Gasteiger partial charge in [0.1, 0.15) is 0 Å². The van der Waals surface area contributed by atoms with Gasteiger partial charge in [0.2, 0.25) is 0 Å². The largest absolute Gasteiger partial charge is 0.309 e. The van der Waals surface area contributed by atoms with Gasteiger partial charge < -0.3 is 10.2 Å². The minimum Gasteiger partial charge on any atom is -0.309 e. The summed E-state index contributed by atoms with van der Waals surface area (Å²) in [4.78, 5) is 6.72. The SMILES string of the molecule is CC(NCCN1CCCCC1)c1cccnc1. The fraction of sp³-hybridized carbons (Fsp3) is 0.643. The Hall–Kier alpha value is -0.930. The van der Waals surface area contributed by atoms with Crippen molar-refractivity contribution in [3.05, 3.63) is 30.1 Å². The van der Waals surface area contributed by atoms with Gasteiger partial charge in [-0.15, -0.1) is 0 Å². The van der Waals surface area contributed by atoms with Crippen LogP contribution < -0.4 is 5.32 Å². The fourth-order valence-corrected chi connectivity index (χ4v) is 2.37. The molecule has 2 rings (SSSR count). The lowest BCUT2D eigenvalue weighted by atomic mass is 10.1. The standard InChI is InChI=1S/C14H23N3/c1-13(14-6-5-7-15-12-14)16-8-11-17-9-3-2-4-10-17/h5-7,12-13,16H,2-4,8-11H2,1H3. The number of hydrogen-bond donors (Lipinski definition) is 1. The summed E-state index contributed by atoms with van der Waals surface area (Å²) in [5.74, 6) is 0. The monoisotopic (exact) mass is 233 g/mol. The van der Waals surface area contributed by atoms with Crippen LogP contribution in [0.4, 0.5) is 0 Å². The highest BCUT2D eigenvalue weighted by Crippen LogP contribution is 2.10. The van der Waals surface area contributed by atoms with Crippen LogP contribution in [0, 0.1) is 0 Å². The summed E-state index contributed by atoms with van der Waals surface area (Å²) in [6.45, 7) is 7.00. The molecule has 3 heteroatoms. The van der Waals surface area contributed by atoms with Crippen LogP contribution in [0.25, 0.3) is 0 Å². The molecule has 0 bridgehead atoms. The van der Waals surface area contributed by atoms with E-state index in [4.69, 9.17) is 0 Å². The first kappa shape index (κ1) is 12.5. The highest BCUT2D eigenvalue weighted by Gasteiger charge is 2.10. The average molecular weight is 233 g/mol. The quantitative estimate of drug-likeness (QED) is 0.845. The topological polar surface area (TPSA) is 28.2 Å². The predicted octanol–water partition coefficient (Wildman–Crippen LogP) is 2.22. The predicted molar refractivity (Wildman–Crippen MR) is 70.9 cm³/mol. The van der Waals surface area contributed by atoms with Gasteiger partial charge in [0.15, 0.2) is 0 Å². The van der Waals surface area contributed by atoms with Crippen molar-refractivity contribution in [1.82, 2.24) is 15.2 Å². The lowest BCUT2D eigenvalue weighted by molar-refractivity contribution is 0.227. The molecule has 1 fully saturated rings. The van der Waals surface area contributed by atoms with Crippen LogP contribution in [-0.4, -0.2) is 36.1 Å². The second kappa shape index (κ2) is 6.72. The van der Waals surface area contributed by atoms with E-state index in [2.05, 4.69) is 28.2 Å². The minimum absolute atomic E-state index is 0.397. The lowest BCUT2D eigenvalue weighted by Gasteiger charge is -2.27. The third-order valence-electron chi connectivity index (χ3n) is 3.51. The Morgan fingerprint density at radius 3 is 2.88 bits per heavy atom. The highest BCUT2D eigenvalue weighted by molar-refractivity contribution is 5.12. The second-order valence-corrected chi connectivity index (χ2v) is 4.86. The molecule has 1 saturated heterocycles. The Kier molecular flexibility index (Phi) is 4.95. The summed E-state index contributed by atoms with van der Waals surface area (Å²) in [6.07, 6.45) is 7.93. The number of likely N-dealkylation sites (tertiary alicyclic amines) is 1.